The van der Waals surface area contributed by atoms with Crippen LogP contribution in [0.25, 0.3) is 0 Å². The lowest BCUT2D eigenvalue weighted by atomic mass is 10.1. The number of aromatic nitrogens is 1. The fourth-order valence-electron chi connectivity index (χ4n) is 1.42. The molecule has 0 amide bonds. The van der Waals surface area contributed by atoms with E-state index in [0.29, 0.717) is 11.6 Å². The highest BCUT2D eigenvalue weighted by atomic mass is 35.5. The molecule has 0 aliphatic rings. The molecule has 1 heterocycles. The topological polar surface area (TPSA) is 48.1 Å². The lowest BCUT2D eigenvalue weighted by Gasteiger charge is -2.09. The summed E-state index contributed by atoms with van der Waals surface area (Å²) in [6.45, 7) is 1.87. The van der Waals surface area contributed by atoms with E-state index in [4.69, 9.17) is 22.1 Å². The van der Waals surface area contributed by atoms with Crippen LogP contribution in [-0.4, -0.2) is 4.98 Å². The van der Waals surface area contributed by atoms with E-state index in [0.717, 1.165) is 5.56 Å². The van der Waals surface area contributed by atoms with Crippen molar-refractivity contribution in [3.63, 3.8) is 0 Å². The third-order valence-electron chi connectivity index (χ3n) is 2.40. The number of rotatable bonds is 3. The van der Waals surface area contributed by atoms with E-state index in [1.54, 1.807) is 12.3 Å². The van der Waals surface area contributed by atoms with Crippen LogP contribution in [0.4, 0.5) is 4.39 Å². The van der Waals surface area contributed by atoms with Gasteiger partial charge in [-0.05, 0) is 30.7 Å². The van der Waals surface area contributed by atoms with E-state index in [-0.39, 0.29) is 11.1 Å². The quantitative estimate of drug-likeness (QED) is 0.922. The first-order valence-corrected chi connectivity index (χ1v) is 5.78. The number of halogens is 2. The van der Waals surface area contributed by atoms with Crippen molar-refractivity contribution in [2.75, 3.05) is 0 Å². The second-order valence-corrected chi connectivity index (χ2v) is 4.30. The molecule has 1 aromatic carbocycles. The predicted molar refractivity (Wildman–Crippen MR) is 68.3 cm³/mol. The van der Waals surface area contributed by atoms with Gasteiger partial charge in [0, 0.05) is 24.4 Å². The van der Waals surface area contributed by atoms with Crippen molar-refractivity contribution in [1.29, 1.82) is 0 Å². The Morgan fingerprint density at radius 1 is 1.33 bits per heavy atom. The molecule has 18 heavy (non-hydrogen) atoms. The highest BCUT2D eigenvalue weighted by Gasteiger charge is 2.06. The van der Waals surface area contributed by atoms with Crippen molar-refractivity contribution in [3.05, 3.63) is 52.9 Å². The van der Waals surface area contributed by atoms with Crippen molar-refractivity contribution < 1.29 is 9.13 Å². The van der Waals surface area contributed by atoms with Gasteiger partial charge in [0.25, 0.3) is 0 Å². The van der Waals surface area contributed by atoms with Crippen LogP contribution in [-0.2, 0) is 0 Å². The zero-order chi connectivity index (χ0) is 13.1. The Hall–Kier alpha value is -1.65. The largest absolute Gasteiger partial charge is 0.439 e. The van der Waals surface area contributed by atoms with E-state index < -0.39 is 5.82 Å². The lowest BCUT2D eigenvalue weighted by Crippen LogP contribution is -2.05. The van der Waals surface area contributed by atoms with Gasteiger partial charge in [0.15, 0.2) is 0 Å². The summed E-state index contributed by atoms with van der Waals surface area (Å²) in [5.74, 6) is 0.338. The van der Waals surface area contributed by atoms with E-state index in [1.807, 2.05) is 13.0 Å². The molecule has 94 valence electrons. The highest BCUT2D eigenvalue weighted by Crippen LogP contribution is 2.25. The molecule has 0 bridgehead atoms. The van der Waals surface area contributed by atoms with Gasteiger partial charge in [0.2, 0.25) is 5.88 Å². The smallest absolute Gasteiger partial charge is 0.219 e. The average molecular weight is 267 g/mol. The minimum Gasteiger partial charge on any atom is -0.439 e. The molecule has 5 heteroatoms. The maximum Gasteiger partial charge on any atom is 0.219 e. The Morgan fingerprint density at radius 3 is 2.78 bits per heavy atom. The summed E-state index contributed by atoms with van der Waals surface area (Å²) in [6, 6.07) is 7.58. The summed E-state index contributed by atoms with van der Waals surface area (Å²) in [7, 11) is 0. The maximum absolute atomic E-state index is 13.0. The standard InChI is InChI=1S/C13H12ClFN2O/c1-8(16)9-4-5-17-13(6-9)18-10-2-3-12(15)11(14)7-10/h2-8H,16H2,1H3/t8-/m0/s1. The number of pyridine rings is 1. The Morgan fingerprint density at radius 2 is 2.11 bits per heavy atom. The number of hydrogen-bond acceptors (Lipinski definition) is 3. The molecular formula is C13H12ClFN2O. The Labute approximate surface area is 109 Å². The Balaban J connectivity index is 2.23. The second kappa shape index (κ2) is 5.33. The molecule has 2 N–H and O–H groups in total. The highest BCUT2D eigenvalue weighted by molar-refractivity contribution is 6.30. The molecule has 0 saturated carbocycles. The first-order chi connectivity index (χ1) is 8.56. The molecule has 0 aliphatic heterocycles. The maximum atomic E-state index is 13.0. The molecule has 0 saturated heterocycles. The van der Waals surface area contributed by atoms with Crippen LogP contribution in [0.3, 0.4) is 0 Å². The van der Waals surface area contributed by atoms with Gasteiger partial charge < -0.3 is 10.5 Å². The molecule has 2 rings (SSSR count). The van der Waals surface area contributed by atoms with Crippen LogP contribution >= 0.6 is 11.6 Å². The summed E-state index contributed by atoms with van der Waals surface area (Å²) < 4.78 is 18.5. The summed E-state index contributed by atoms with van der Waals surface area (Å²) in [4.78, 5) is 4.05. The number of ether oxygens (including phenoxy) is 1. The SMILES string of the molecule is C[C@H](N)c1ccnc(Oc2ccc(F)c(Cl)c2)c1. The summed E-state index contributed by atoms with van der Waals surface area (Å²) in [5.41, 5.74) is 6.68. The zero-order valence-corrected chi connectivity index (χ0v) is 10.5. The van der Waals surface area contributed by atoms with E-state index in [9.17, 15) is 4.39 Å². The van der Waals surface area contributed by atoms with Gasteiger partial charge in [0.1, 0.15) is 11.6 Å². The number of nitrogens with two attached hydrogens (primary N) is 1. The van der Waals surface area contributed by atoms with Crippen LogP contribution in [0.2, 0.25) is 5.02 Å². The van der Waals surface area contributed by atoms with E-state index >= 15 is 0 Å². The van der Waals surface area contributed by atoms with Crippen LogP contribution in [0.15, 0.2) is 36.5 Å². The summed E-state index contributed by atoms with van der Waals surface area (Å²) in [6.07, 6.45) is 1.61. The normalized spacial score (nSPS) is 12.2. The third kappa shape index (κ3) is 2.97. The van der Waals surface area contributed by atoms with Crippen molar-refractivity contribution in [3.8, 4) is 11.6 Å². The fraction of sp³-hybridized carbons (Fsp3) is 0.154. The molecule has 0 spiro atoms. The molecule has 0 unspecified atom stereocenters. The van der Waals surface area contributed by atoms with Crippen LogP contribution in [0.5, 0.6) is 11.6 Å². The molecule has 1 atom stereocenters. The number of hydrogen-bond donors (Lipinski definition) is 1. The van der Waals surface area contributed by atoms with Crippen LogP contribution < -0.4 is 10.5 Å². The van der Waals surface area contributed by atoms with Gasteiger partial charge in [-0.1, -0.05) is 11.6 Å². The van der Waals surface area contributed by atoms with Gasteiger partial charge in [0.05, 0.1) is 5.02 Å². The second-order valence-electron chi connectivity index (χ2n) is 3.89. The first-order valence-electron chi connectivity index (χ1n) is 5.40. The van der Waals surface area contributed by atoms with Gasteiger partial charge in [-0.25, -0.2) is 9.37 Å². The van der Waals surface area contributed by atoms with Crippen molar-refractivity contribution in [2.24, 2.45) is 5.73 Å². The first kappa shape index (κ1) is 12.8. The molecule has 1 aromatic heterocycles. The van der Waals surface area contributed by atoms with Crippen LogP contribution in [0, 0.1) is 5.82 Å². The Bertz CT molecular complexity index is 560. The van der Waals surface area contributed by atoms with Gasteiger partial charge in [-0.3, -0.25) is 0 Å². The zero-order valence-electron chi connectivity index (χ0n) is 9.73. The predicted octanol–water partition coefficient (Wildman–Crippen LogP) is 3.69. The molecular weight excluding hydrogens is 255 g/mol. The van der Waals surface area contributed by atoms with Gasteiger partial charge in [-0.2, -0.15) is 0 Å². The molecule has 2 aromatic rings. The minimum absolute atomic E-state index is 0.0100. The fourth-order valence-corrected chi connectivity index (χ4v) is 1.60. The van der Waals surface area contributed by atoms with E-state index in [2.05, 4.69) is 4.98 Å². The number of nitrogens with zero attached hydrogens (tertiary/aromatic N) is 1. The Kier molecular flexibility index (Phi) is 3.79. The van der Waals surface area contributed by atoms with Crippen molar-refractivity contribution in [2.45, 2.75) is 13.0 Å². The summed E-state index contributed by atoms with van der Waals surface area (Å²) in [5, 5.41) is 0.0100. The lowest BCUT2D eigenvalue weighted by molar-refractivity contribution is 0.460. The third-order valence-corrected chi connectivity index (χ3v) is 2.69. The van der Waals surface area contributed by atoms with Gasteiger partial charge >= 0.3 is 0 Å². The monoisotopic (exact) mass is 266 g/mol. The van der Waals surface area contributed by atoms with Gasteiger partial charge in [-0.15, -0.1) is 0 Å². The van der Waals surface area contributed by atoms with E-state index in [1.165, 1.54) is 18.2 Å². The minimum atomic E-state index is -0.485. The van der Waals surface area contributed by atoms with Crippen molar-refractivity contribution in [1.82, 2.24) is 4.98 Å². The molecule has 3 nitrogen and oxygen atoms in total. The molecule has 0 radical (unpaired) electrons. The van der Waals surface area contributed by atoms with Crippen molar-refractivity contribution >= 4 is 11.6 Å². The summed E-state index contributed by atoms with van der Waals surface area (Å²) >= 11 is 5.67. The average Bonchev–Trinajstić information content (AvgIpc) is 2.34. The van der Waals surface area contributed by atoms with Crippen LogP contribution in [0.1, 0.15) is 18.5 Å². The number of benzene rings is 1. The molecule has 0 aliphatic carbocycles. The molecule has 0 fully saturated rings.